The Morgan fingerprint density at radius 1 is 1.40 bits per heavy atom. The summed E-state index contributed by atoms with van der Waals surface area (Å²) in [6.07, 6.45) is 0. The van der Waals surface area contributed by atoms with Crippen LogP contribution >= 0.6 is 0 Å². The van der Waals surface area contributed by atoms with E-state index >= 15 is 0 Å². The first-order chi connectivity index (χ1) is 9.06. The summed E-state index contributed by atoms with van der Waals surface area (Å²) in [4.78, 5) is 10.5. The van der Waals surface area contributed by atoms with Gasteiger partial charge >= 0.3 is 5.97 Å². The topological polar surface area (TPSA) is 83.9 Å². The molecule has 8 heteroatoms. The minimum atomic E-state index is -4.36. The number of hydrogen-bond donors (Lipinski definition) is 1. The van der Waals surface area contributed by atoms with Crippen LogP contribution in [0.15, 0.2) is 23.1 Å². The molecule has 1 N–H and O–H groups in total. The highest BCUT2D eigenvalue weighted by Crippen LogP contribution is 2.31. The summed E-state index contributed by atoms with van der Waals surface area (Å²) in [5, 5.41) is 9.09. The first kappa shape index (κ1) is 16.4. The van der Waals surface area contributed by atoms with Crippen LogP contribution in [0.3, 0.4) is 0 Å². The number of aliphatic carboxylic acids is 1. The molecule has 0 aliphatic rings. The van der Waals surface area contributed by atoms with Crippen LogP contribution in [0, 0.1) is 5.82 Å². The summed E-state index contributed by atoms with van der Waals surface area (Å²) in [6, 6.07) is 3.56. The number of rotatable bonds is 5. The van der Waals surface area contributed by atoms with Gasteiger partial charge in [0.25, 0.3) is 0 Å². The van der Waals surface area contributed by atoms with Crippen molar-refractivity contribution in [3.8, 4) is 5.75 Å². The largest absolute Gasteiger partial charge is 0.495 e. The van der Waals surface area contributed by atoms with Gasteiger partial charge in [0.1, 0.15) is 17.1 Å². The lowest BCUT2D eigenvalue weighted by Gasteiger charge is -2.30. The maximum atomic E-state index is 13.8. The van der Waals surface area contributed by atoms with E-state index in [2.05, 4.69) is 0 Å². The van der Waals surface area contributed by atoms with Gasteiger partial charge in [-0.2, -0.15) is 4.31 Å². The van der Waals surface area contributed by atoms with Crippen molar-refractivity contribution < 1.29 is 27.4 Å². The number of likely N-dealkylation sites (N-methyl/N-ethyl adjacent to an activating group) is 1. The highest BCUT2D eigenvalue weighted by atomic mass is 32.2. The van der Waals surface area contributed by atoms with Gasteiger partial charge in [-0.1, -0.05) is 6.07 Å². The molecule has 0 fully saturated rings. The van der Waals surface area contributed by atoms with Crippen LogP contribution in [0.25, 0.3) is 0 Å². The van der Waals surface area contributed by atoms with Crippen LogP contribution < -0.4 is 4.74 Å². The lowest BCUT2D eigenvalue weighted by Crippen LogP contribution is -2.50. The molecule has 20 heavy (non-hydrogen) atoms. The van der Waals surface area contributed by atoms with Gasteiger partial charge < -0.3 is 9.84 Å². The molecular formula is C12H16FNO5S. The molecule has 0 heterocycles. The van der Waals surface area contributed by atoms with Crippen molar-refractivity contribution in [1.29, 1.82) is 0 Å². The normalized spacial score (nSPS) is 12.5. The van der Waals surface area contributed by atoms with Crippen molar-refractivity contribution in [1.82, 2.24) is 4.31 Å². The molecule has 1 aromatic carbocycles. The predicted octanol–water partition coefficient (Wildman–Crippen LogP) is 1.32. The molecule has 6 nitrogen and oxygen atoms in total. The number of carboxylic acids is 1. The fourth-order valence-corrected chi connectivity index (χ4v) is 3.15. The minimum absolute atomic E-state index is 0.182. The highest BCUT2D eigenvalue weighted by molar-refractivity contribution is 7.89. The molecule has 0 atom stereocenters. The Balaban J connectivity index is 3.50. The maximum Gasteiger partial charge on any atom is 0.324 e. The van der Waals surface area contributed by atoms with Gasteiger partial charge in [0.2, 0.25) is 10.0 Å². The third kappa shape index (κ3) is 2.61. The average molecular weight is 305 g/mol. The molecule has 0 spiro atoms. The number of methoxy groups -OCH3 is 1. The zero-order chi connectivity index (χ0) is 15.7. The first-order valence-corrected chi connectivity index (χ1v) is 7.05. The van der Waals surface area contributed by atoms with Gasteiger partial charge in [0.15, 0.2) is 4.90 Å². The highest BCUT2D eigenvalue weighted by Gasteiger charge is 2.42. The van der Waals surface area contributed by atoms with Gasteiger partial charge in [-0.25, -0.2) is 12.8 Å². The molecule has 0 bridgehead atoms. The van der Waals surface area contributed by atoms with E-state index in [9.17, 15) is 17.6 Å². The van der Waals surface area contributed by atoms with Gasteiger partial charge in [-0.05, 0) is 26.0 Å². The molecule has 0 aromatic heterocycles. The van der Waals surface area contributed by atoms with E-state index in [4.69, 9.17) is 9.84 Å². The van der Waals surface area contributed by atoms with Crippen LogP contribution in [-0.4, -0.2) is 43.5 Å². The molecule has 0 amide bonds. The van der Waals surface area contributed by atoms with E-state index in [1.54, 1.807) is 0 Å². The summed E-state index contributed by atoms with van der Waals surface area (Å²) in [5.74, 6) is -2.53. The smallest absolute Gasteiger partial charge is 0.324 e. The average Bonchev–Trinajstić information content (AvgIpc) is 2.36. The SMILES string of the molecule is COc1cccc(F)c1S(=O)(=O)N(C)C(C)(C)C(=O)O. The van der Waals surface area contributed by atoms with E-state index in [1.807, 2.05) is 0 Å². The van der Waals surface area contributed by atoms with Crippen LogP contribution in [0.1, 0.15) is 13.8 Å². The number of benzene rings is 1. The van der Waals surface area contributed by atoms with Gasteiger partial charge in [-0.3, -0.25) is 4.79 Å². The molecule has 0 aliphatic carbocycles. The standard InChI is InChI=1S/C12H16FNO5S/c1-12(2,11(15)16)14(3)20(17,18)10-8(13)6-5-7-9(10)19-4/h5-7H,1-4H3,(H,15,16). The van der Waals surface area contributed by atoms with Crippen LogP contribution in [0.4, 0.5) is 4.39 Å². The second kappa shape index (κ2) is 5.37. The lowest BCUT2D eigenvalue weighted by molar-refractivity contribution is -0.145. The monoisotopic (exact) mass is 305 g/mol. The summed E-state index contributed by atoms with van der Waals surface area (Å²) in [6.45, 7) is 2.42. The number of halogens is 1. The third-order valence-corrected chi connectivity index (χ3v) is 5.17. The van der Waals surface area contributed by atoms with Gasteiger partial charge in [0.05, 0.1) is 7.11 Å². The molecule has 112 valence electrons. The summed E-state index contributed by atoms with van der Waals surface area (Å²) in [5.41, 5.74) is -1.73. The number of carbonyl (C=O) groups is 1. The second-order valence-electron chi connectivity index (χ2n) is 4.61. The molecule has 0 unspecified atom stereocenters. The molecular weight excluding hydrogens is 289 g/mol. The van der Waals surface area contributed by atoms with Crippen molar-refractivity contribution in [3.05, 3.63) is 24.0 Å². The number of sulfonamides is 1. The molecule has 1 aromatic rings. The Hall–Kier alpha value is -1.67. The number of carboxylic acid groups (broad SMARTS) is 1. The van der Waals surface area contributed by atoms with Gasteiger partial charge in [-0.15, -0.1) is 0 Å². The molecule has 0 saturated carbocycles. The van der Waals surface area contributed by atoms with E-state index < -0.39 is 32.2 Å². The van der Waals surface area contributed by atoms with Crippen LogP contribution in [-0.2, 0) is 14.8 Å². The predicted molar refractivity (Wildman–Crippen MR) is 69.6 cm³/mol. The zero-order valence-electron chi connectivity index (χ0n) is 11.5. The fourth-order valence-electron chi connectivity index (χ4n) is 1.47. The Morgan fingerprint density at radius 3 is 2.40 bits per heavy atom. The summed E-state index contributed by atoms with van der Waals surface area (Å²) < 4.78 is 44.1. The quantitative estimate of drug-likeness (QED) is 0.887. The first-order valence-electron chi connectivity index (χ1n) is 5.61. The zero-order valence-corrected chi connectivity index (χ0v) is 12.4. The fraction of sp³-hybridized carbons (Fsp3) is 0.417. The Kier molecular flexibility index (Phi) is 4.40. The van der Waals surface area contributed by atoms with E-state index in [1.165, 1.54) is 33.1 Å². The molecule has 1 rings (SSSR count). The number of hydrogen-bond acceptors (Lipinski definition) is 4. The molecule has 0 aliphatic heterocycles. The van der Waals surface area contributed by atoms with Crippen molar-refractivity contribution in [2.45, 2.75) is 24.3 Å². The van der Waals surface area contributed by atoms with E-state index in [0.29, 0.717) is 4.31 Å². The van der Waals surface area contributed by atoms with Crippen molar-refractivity contribution >= 4 is 16.0 Å². The lowest BCUT2D eigenvalue weighted by atomic mass is 10.1. The van der Waals surface area contributed by atoms with E-state index in [-0.39, 0.29) is 5.75 Å². The summed E-state index contributed by atoms with van der Waals surface area (Å²) >= 11 is 0. The van der Waals surface area contributed by atoms with Crippen molar-refractivity contribution in [3.63, 3.8) is 0 Å². The Morgan fingerprint density at radius 2 is 1.95 bits per heavy atom. The van der Waals surface area contributed by atoms with Crippen molar-refractivity contribution in [2.24, 2.45) is 0 Å². The number of nitrogens with zero attached hydrogens (tertiary/aromatic N) is 1. The van der Waals surface area contributed by atoms with Crippen molar-refractivity contribution in [2.75, 3.05) is 14.2 Å². The Bertz CT molecular complexity index is 627. The third-order valence-electron chi connectivity index (χ3n) is 3.08. The van der Waals surface area contributed by atoms with E-state index in [0.717, 1.165) is 13.1 Å². The van der Waals surface area contributed by atoms with Crippen LogP contribution in [0.5, 0.6) is 5.75 Å². The summed E-state index contributed by atoms with van der Waals surface area (Å²) in [7, 11) is -2.08. The Labute approximate surface area is 116 Å². The maximum absolute atomic E-state index is 13.8. The van der Waals surface area contributed by atoms with Gasteiger partial charge in [0, 0.05) is 7.05 Å². The second-order valence-corrected chi connectivity index (χ2v) is 6.51. The molecule has 0 saturated heterocycles. The molecule has 0 radical (unpaired) electrons. The number of ether oxygens (including phenoxy) is 1. The van der Waals surface area contributed by atoms with Crippen LogP contribution in [0.2, 0.25) is 0 Å². The minimum Gasteiger partial charge on any atom is -0.495 e.